The summed E-state index contributed by atoms with van der Waals surface area (Å²) in [6.45, 7) is 0.602. The number of rotatable bonds is 12. The SMILES string of the molecule is COCC(COC)OC(=O)N[C@H]1CCCCC/C=C\[C@@H]2C[C@]2(C(=O)NS(=O)(=O)C2CC2)NC(=O)[C@@H]2[C@H]3CN(C(=O)c4nc(-c5ccc(OC)cc5)cs4)C[C@H]3CN2C1=O. The molecule has 5 amide bonds. The first-order valence-corrected chi connectivity index (χ1v) is 22.5. The number of carbonyl (C=O) groups excluding carboxylic acids is 5. The van der Waals surface area contributed by atoms with E-state index < -0.39 is 74.7 Å². The molecule has 7 rings (SSSR count). The molecule has 1 aromatic heterocycles. The first-order chi connectivity index (χ1) is 28.4. The Morgan fingerprint density at radius 2 is 1.75 bits per heavy atom. The number of sulfonamides is 1. The van der Waals surface area contributed by atoms with Crippen molar-refractivity contribution in [3.05, 3.63) is 46.8 Å². The van der Waals surface area contributed by atoms with Gasteiger partial charge in [0.25, 0.3) is 11.8 Å². The number of allylic oxidation sites excluding steroid dienone is 1. The van der Waals surface area contributed by atoms with Gasteiger partial charge in [0.05, 0.1) is 31.3 Å². The van der Waals surface area contributed by atoms with Crippen LogP contribution in [0.25, 0.3) is 11.3 Å². The van der Waals surface area contributed by atoms with Crippen LogP contribution in [0.4, 0.5) is 4.79 Å². The van der Waals surface area contributed by atoms with Gasteiger partial charge in [-0.3, -0.25) is 23.9 Å². The van der Waals surface area contributed by atoms with E-state index in [1.54, 1.807) is 17.4 Å². The standard InChI is InChI=1S/C40H52N6O11S2/c1-54-21-28(22-55-2)57-39(51)42-31-10-8-6-4-5-7-9-26-17-40(26,38(50)44-59(52,53)29-15-16-29)43-34(47)33-30-20-45(18-25(30)19-46(33)36(31)48)37(49)35-41-32(23-58-35)24-11-13-27(56-3)14-12-24/h7,9,11-14,23,25-26,28-31,33H,4-6,8,10,15-22H2,1-3H3,(H,42,51)(H,43,47)(H,44,50)/b9-7-/t25-,26+,30-,31-,33-,40-/m0/s1. The first-order valence-electron chi connectivity index (χ1n) is 20.1. The van der Waals surface area contributed by atoms with Crippen molar-refractivity contribution in [2.45, 2.75) is 80.3 Å². The van der Waals surface area contributed by atoms with Gasteiger partial charge in [0.2, 0.25) is 21.8 Å². The van der Waals surface area contributed by atoms with E-state index in [0.29, 0.717) is 37.1 Å². The molecule has 6 atom stereocenters. The number of benzene rings is 1. The number of thiazole rings is 1. The maximum absolute atomic E-state index is 14.7. The fraction of sp³-hybridized carbons (Fsp3) is 0.600. The Labute approximate surface area is 347 Å². The van der Waals surface area contributed by atoms with Crippen molar-refractivity contribution in [3.63, 3.8) is 0 Å². The van der Waals surface area contributed by atoms with E-state index in [1.807, 2.05) is 36.4 Å². The molecule has 3 N–H and O–H groups in total. The Balaban J connectivity index is 1.15. The van der Waals surface area contributed by atoms with Crippen molar-refractivity contribution in [1.82, 2.24) is 30.1 Å². The fourth-order valence-electron chi connectivity index (χ4n) is 8.45. The lowest BCUT2D eigenvalue weighted by Gasteiger charge is -2.33. The van der Waals surface area contributed by atoms with E-state index in [9.17, 15) is 32.4 Å². The zero-order chi connectivity index (χ0) is 41.9. The van der Waals surface area contributed by atoms with Gasteiger partial charge in [-0.05, 0) is 62.8 Å². The maximum Gasteiger partial charge on any atom is 0.408 e. The van der Waals surface area contributed by atoms with E-state index in [2.05, 4.69) is 20.3 Å². The van der Waals surface area contributed by atoms with Gasteiger partial charge >= 0.3 is 6.09 Å². The van der Waals surface area contributed by atoms with Crippen LogP contribution in [0.15, 0.2) is 41.8 Å². The van der Waals surface area contributed by atoms with Gasteiger partial charge < -0.3 is 39.4 Å². The Morgan fingerprint density at radius 3 is 2.44 bits per heavy atom. The van der Waals surface area contributed by atoms with E-state index in [-0.39, 0.29) is 62.5 Å². The van der Waals surface area contributed by atoms with Crippen LogP contribution in [0.2, 0.25) is 0 Å². The predicted molar refractivity (Wildman–Crippen MR) is 215 cm³/mol. The smallest absolute Gasteiger partial charge is 0.408 e. The van der Waals surface area contributed by atoms with Gasteiger partial charge in [-0.2, -0.15) is 0 Å². The summed E-state index contributed by atoms with van der Waals surface area (Å²) in [6, 6.07) is 5.14. The predicted octanol–water partition coefficient (Wildman–Crippen LogP) is 2.48. The molecule has 4 heterocycles. The van der Waals surface area contributed by atoms with E-state index >= 15 is 0 Å². The lowest BCUT2D eigenvalue weighted by molar-refractivity contribution is -0.142. The number of aromatic nitrogens is 1. The molecule has 1 aromatic carbocycles. The average molecular weight is 857 g/mol. The van der Waals surface area contributed by atoms with Crippen molar-refractivity contribution in [2.24, 2.45) is 17.8 Å². The minimum Gasteiger partial charge on any atom is -0.497 e. The molecule has 0 bridgehead atoms. The number of nitrogens with one attached hydrogen (secondary N) is 3. The molecular weight excluding hydrogens is 805 g/mol. The highest BCUT2D eigenvalue weighted by Crippen LogP contribution is 2.47. The summed E-state index contributed by atoms with van der Waals surface area (Å²) >= 11 is 1.21. The molecule has 320 valence electrons. The van der Waals surface area contributed by atoms with Gasteiger partial charge in [0.15, 0.2) is 11.1 Å². The summed E-state index contributed by atoms with van der Waals surface area (Å²) in [5, 5.41) is 7.08. The van der Waals surface area contributed by atoms with E-state index in [4.69, 9.17) is 18.9 Å². The molecule has 0 unspecified atom stereocenters. The van der Waals surface area contributed by atoms with Crippen LogP contribution < -0.4 is 20.1 Å². The molecule has 2 aromatic rings. The number of nitrogens with zero attached hydrogens (tertiary/aromatic N) is 3. The van der Waals surface area contributed by atoms with Crippen molar-refractivity contribution >= 4 is 51.1 Å². The largest absolute Gasteiger partial charge is 0.497 e. The Hall–Kier alpha value is -4.59. The van der Waals surface area contributed by atoms with Gasteiger partial charge in [0.1, 0.15) is 23.4 Å². The number of amides is 5. The number of fused-ring (bicyclic) bond motifs is 4. The van der Waals surface area contributed by atoms with Crippen LogP contribution in [0.5, 0.6) is 5.75 Å². The van der Waals surface area contributed by atoms with Crippen LogP contribution in [-0.4, -0.2) is 136 Å². The van der Waals surface area contributed by atoms with E-state index in [1.165, 1.54) is 30.5 Å². The fourth-order valence-corrected chi connectivity index (χ4v) is 10.6. The number of alkyl carbamates (subject to hydrolysis) is 1. The molecule has 3 aliphatic heterocycles. The lowest BCUT2D eigenvalue weighted by Crippen LogP contribution is -2.60. The van der Waals surface area contributed by atoms with E-state index in [0.717, 1.165) is 18.4 Å². The molecule has 5 aliphatic rings. The minimum atomic E-state index is -3.93. The van der Waals surface area contributed by atoms with Crippen molar-refractivity contribution < 1.29 is 51.3 Å². The highest BCUT2D eigenvalue weighted by molar-refractivity contribution is 7.91. The summed E-state index contributed by atoms with van der Waals surface area (Å²) in [4.78, 5) is 78.2. The second-order valence-corrected chi connectivity index (χ2v) is 18.8. The second kappa shape index (κ2) is 17.9. The molecule has 4 fully saturated rings. The van der Waals surface area contributed by atoms with Gasteiger partial charge in [0, 0.05) is 62.6 Å². The number of carbonyl (C=O) groups is 5. The van der Waals surface area contributed by atoms with Crippen molar-refractivity contribution in [1.29, 1.82) is 0 Å². The molecule has 2 saturated carbocycles. The van der Waals surface area contributed by atoms with Crippen LogP contribution in [0.1, 0.15) is 61.2 Å². The van der Waals surface area contributed by atoms with Crippen molar-refractivity contribution in [3.8, 4) is 17.0 Å². The number of hydrogen-bond donors (Lipinski definition) is 3. The summed E-state index contributed by atoms with van der Waals surface area (Å²) in [6.07, 6.45) is 6.32. The second-order valence-electron chi connectivity index (χ2n) is 16.0. The van der Waals surface area contributed by atoms with Gasteiger partial charge in [-0.15, -0.1) is 11.3 Å². The van der Waals surface area contributed by atoms with Crippen LogP contribution in [-0.2, 0) is 38.6 Å². The number of methoxy groups -OCH3 is 3. The number of likely N-dealkylation sites (tertiary alicyclic amines) is 1. The molecule has 59 heavy (non-hydrogen) atoms. The van der Waals surface area contributed by atoms with Crippen LogP contribution in [0, 0.1) is 17.8 Å². The van der Waals surface area contributed by atoms with Crippen LogP contribution >= 0.6 is 11.3 Å². The molecule has 17 nitrogen and oxygen atoms in total. The average Bonchev–Trinajstić information content (AvgIpc) is 4.03. The number of hydrogen-bond acceptors (Lipinski definition) is 13. The molecule has 0 spiro atoms. The number of ether oxygens (including phenoxy) is 4. The topological polar surface area (TPSA) is 212 Å². The van der Waals surface area contributed by atoms with Gasteiger partial charge in [-0.1, -0.05) is 25.0 Å². The molecule has 0 radical (unpaired) electrons. The lowest BCUT2D eigenvalue weighted by atomic mass is 9.93. The third kappa shape index (κ3) is 9.42. The Bertz CT molecular complexity index is 2030. The Kier molecular flexibility index (Phi) is 12.9. The molecular formula is C40H52N6O11S2. The third-order valence-electron chi connectivity index (χ3n) is 11.8. The van der Waals surface area contributed by atoms with Crippen LogP contribution in [0.3, 0.4) is 0 Å². The molecule has 2 aliphatic carbocycles. The summed E-state index contributed by atoms with van der Waals surface area (Å²) in [7, 11) is 0.581. The third-order valence-corrected chi connectivity index (χ3v) is 14.5. The molecule has 2 saturated heterocycles. The Morgan fingerprint density at radius 1 is 1.00 bits per heavy atom. The molecule has 19 heteroatoms. The van der Waals surface area contributed by atoms with Gasteiger partial charge in [-0.25, -0.2) is 18.2 Å². The normalized spacial score (nSPS) is 27.7. The van der Waals surface area contributed by atoms with Crippen molar-refractivity contribution in [2.75, 3.05) is 54.2 Å². The summed E-state index contributed by atoms with van der Waals surface area (Å²) in [5.41, 5.74) is -0.0996. The summed E-state index contributed by atoms with van der Waals surface area (Å²) < 4.78 is 49.2. The zero-order valence-corrected chi connectivity index (χ0v) is 35.1. The summed E-state index contributed by atoms with van der Waals surface area (Å²) in [5.74, 6) is -2.89. The first kappa shape index (κ1) is 42.5. The maximum atomic E-state index is 14.7. The monoisotopic (exact) mass is 856 g/mol. The zero-order valence-electron chi connectivity index (χ0n) is 33.4. The highest BCUT2D eigenvalue weighted by atomic mass is 32.2. The minimum absolute atomic E-state index is 0.0718. The highest BCUT2D eigenvalue weighted by Gasteiger charge is 2.63. The quantitative estimate of drug-likeness (QED) is 0.263.